The fraction of sp³-hybridized carbons (Fsp3) is 0.250. The van der Waals surface area contributed by atoms with E-state index in [2.05, 4.69) is 20.9 Å². The Balaban J connectivity index is 2.49. The van der Waals surface area contributed by atoms with Crippen molar-refractivity contribution < 1.29 is 9.84 Å². The molecule has 90 valence electrons. The van der Waals surface area contributed by atoms with Crippen molar-refractivity contribution in [3.63, 3.8) is 0 Å². The topological polar surface area (TPSA) is 42.4 Å². The number of aliphatic hydroxyl groups excluding tert-OH is 1. The van der Waals surface area contributed by atoms with Gasteiger partial charge in [0.05, 0.1) is 24.3 Å². The standard InChI is InChI=1S/C12H12BrNO2S/c1-7-5-8(3-4-9(7)16-2)11-10(6-15)17-12(13)14-11/h3-5,15H,6H2,1-2H3. The number of hydrogen-bond acceptors (Lipinski definition) is 4. The van der Waals surface area contributed by atoms with Crippen LogP contribution in [0.15, 0.2) is 22.1 Å². The van der Waals surface area contributed by atoms with Crippen LogP contribution in [0.25, 0.3) is 11.3 Å². The van der Waals surface area contributed by atoms with E-state index in [1.807, 2.05) is 25.1 Å². The van der Waals surface area contributed by atoms with Crippen LogP contribution in [0, 0.1) is 6.92 Å². The average Bonchev–Trinajstić information content (AvgIpc) is 2.70. The minimum absolute atomic E-state index is 0.00365. The minimum atomic E-state index is 0.00365. The van der Waals surface area contributed by atoms with Crippen molar-refractivity contribution in [2.45, 2.75) is 13.5 Å². The molecule has 1 heterocycles. The lowest BCUT2D eigenvalue weighted by molar-refractivity contribution is 0.286. The maximum atomic E-state index is 9.29. The molecule has 0 aliphatic rings. The third-order valence-corrected chi connectivity index (χ3v) is 3.97. The van der Waals surface area contributed by atoms with Crippen LogP contribution in [-0.2, 0) is 6.61 Å². The smallest absolute Gasteiger partial charge is 0.160 e. The van der Waals surface area contributed by atoms with Crippen molar-refractivity contribution >= 4 is 27.3 Å². The first-order valence-electron chi connectivity index (χ1n) is 5.06. The number of aromatic nitrogens is 1. The van der Waals surface area contributed by atoms with E-state index < -0.39 is 0 Å². The normalized spacial score (nSPS) is 10.6. The molecule has 0 spiro atoms. The molecular formula is C12H12BrNO2S. The molecule has 0 saturated heterocycles. The molecule has 0 aliphatic heterocycles. The van der Waals surface area contributed by atoms with Crippen molar-refractivity contribution in [1.82, 2.24) is 4.98 Å². The van der Waals surface area contributed by atoms with Crippen LogP contribution in [0.4, 0.5) is 0 Å². The molecule has 5 heteroatoms. The van der Waals surface area contributed by atoms with Crippen molar-refractivity contribution in [2.75, 3.05) is 7.11 Å². The minimum Gasteiger partial charge on any atom is -0.496 e. The Labute approximate surface area is 112 Å². The molecule has 1 aromatic carbocycles. The number of aliphatic hydroxyl groups is 1. The molecule has 17 heavy (non-hydrogen) atoms. The second-order valence-electron chi connectivity index (χ2n) is 3.58. The highest BCUT2D eigenvalue weighted by Gasteiger charge is 2.12. The summed E-state index contributed by atoms with van der Waals surface area (Å²) in [6.45, 7) is 1.99. The molecule has 0 amide bonds. The number of thiazole rings is 1. The SMILES string of the molecule is COc1ccc(-c2nc(Br)sc2CO)cc1C. The highest BCUT2D eigenvalue weighted by Crippen LogP contribution is 2.33. The number of benzene rings is 1. The maximum Gasteiger partial charge on any atom is 0.160 e. The Morgan fingerprint density at radius 1 is 1.47 bits per heavy atom. The van der Waals surface area contributed by atoms with E-state index in [0.29, 0.717) is 0 Å². The van der Waals surface area contributed by atoms with Crippen molar-refractivity contribution in [2.24, 2.45) is 0 Å². The van der Waals surface area contributed by atoms with E-state index >= 15 is 0 Å². The quantitative estimate of drug-likeness (QED) is 0.944. The summed E-state index contributed by atoms with van der Waals surface area (Å²) in [5.74, 6) is 0.855. The Bertz CT molecular complexity index is 539. The zero-order valence-corrected chi connectivity index (χ0v) is 11.9. The molecule has 0 atom stereocenters. The van der Waals surface area contributed by atoms with E-state index in [1.165, 1.54) is 11.3 Å². The number of methoxy groups -OCH3 is 1. The van der Waals surface area contributed by atoms with Crippen LogP contribution in [0.5, 0.6) is 5.75 Å². The van der Waals surface area contributed by atoms with Crippen molar-refractivity contribution in [3.05, 3.63) is 32.6 Å². The van der Waals surface area contributed by atoms with Crippen molar-refractivity contribution in [1.29, 1.82) is 0 Å². The molecule has 2 aromatic rings. The van der Waals surface area contributed by atoms with Gasteiger partial charge in [-0.3, -0.25) is 0 Å². The zero-order valence-electron chi connectivity index (χ0n) is 9.53. The monoisotopic (exact) mass is 313 g/mol. The van der Waals surface area contributed by atoms with Crippen LogP contribution >= 0.6 is 27.3 Å². The van der Waals surface area contributed by atoms with Gasteiger partial charge in [0.25, 0.3) is 0 Å². The van der Waals surface area contributed by atoms with E-state index in [9.17, 15) is 5.11 Å². The number of ether oxygens (including phenoxy) is 1. The second kappa shape index (κ2) is 5.16. The first-order valence-corrected chi connectivity index (χ1v) is 6.67. The molecule has 0 unspecified atom stereocenters. The van der Waals surface area contributed by atoms with Gasteiger partial charge in [-0.25, -0.2) is 4.98 Å². The summed E-state index contributed by atoms with van der Waals surface area (Å²) < 4.78 is 6.00. The fourth-order valence-electron chi connectivity index (χ4n) is 1.68. The second-order valence-corrected chi connectivity index (χ2v) is 5.94. The maximum absolute atomic E-state index is 9.29. The van der Waals surface area contributed by atoms with E-state index in [-0.39, 0.29) is 6.61 Å². The summed E-state index contributed by atoms with van der Waals surface area (Å²) in [6, 6.07) is 5.88. The van der Waals surface area contributed by atoms with Crippen LogP contribution in [0.3, 0.4) is 0 Å². The Kier molecular flexibility index (Phi) is 3.81. The highest BCUT2D eigenvalue weighted by atomic mass is 79.9. The largest absolute Gasteiger partial charge is 0.496 e. The average molecular weight is 314 g/mol. The molecule has 1 N–H and O–H groups in total. The van der Waals surface area contributed by atoms with Gasteiger partial charge >= 0.3 is 0 Å². The Morgan fingerprint density at radius 3 is 2.82 bits per heavy atom. The van der Waals surface area contributed by atoms with E-state index in [4.69, 9.17) is 4.74 Å². The Morgan fingerprint density at radius 2 is 2.24 bits per heavy atom. The van der Waals surface area contributed by atoms with Gasteiger partial charge in [-0.1, -0.05) is 0 Å². The van der Waals surface area contributed by atoms with Crippen LogP contribution < -0.4 is 4.74 Å². The molecule has 0 radical (unpaired) electrons. The lowest BCUT2D eigenvalue weighted by Crippen LogP contribution is -1.90. The number of nitrogens with zero attached hydrogens (tertiary/aromatic N) is 1. The van der Waals surface area contributed by atoms with Gasteiger partial charge in [0.2, 0.25) is 0 Å². The van der Waals surface area contributed by atoms with E-state index in [1.54, 1.807) is 7.11 Å². The van der Waals surface area contributed by atoms with Crippen molar-refractivity contribution in [3.8, 4) is 17.0 Å². The van der Waals surface area contributed by atoms with Gasteiger partial charge < -0.3 is 9.84 Å². The predicted octanol–water partition coefficient (Wildman–Crippen LogP) is 3.38. The van der Waals surface area contributed by atoms with Gasteiger partial charge in [0.1, 0.15) is 5.75 Å². The predicted molar refractivity (Wildman–Crippen MR) is 72.5 cm³/mol. The molecule has 1 aromatic heterocycles. The van der Waals surface area contributed by atoms with Gasteiger partial charge in [-0.05, 0) is 46.6 Å². The first-order chi connectivity index (χ1) is 8.15. The number of aryl methyl sites for hydroxylation is 1. The lowest BCUT2D eigenvalue weighted by atomic mass is 10.1. The summed E-state index contributed by atoms with van der Waals surface area (Å²) in [5, 5.41) is 9.29. The molecule has 3 nitrogen and oxygen atoms in total. The third-order valence-electron chi connectivity index (χ3n) is 2.48. The first kappa shape index (κ1) is 12.5. The molecule has 0 bridgehead atoms. The van der Waals surface area contributed by atoms with Crippen LogP contribution in [0.1, 0.15) is 10.4 Å². The zero-order chi connectivity index (χ0) is 12.4. The summed E-state index contributed by atoms with van der Waals surface area (Å²) >= 11 is 4.79. The molecule has 0 saturated carbocycles. The van der Waals surface area contributed by atoms with Gasteiger partial charge in [0, 0.05) is 5.56 Å². The highest BCUT2D eigenvalue weighted by molar-refractivity contribution is 9.11. The Hall–Kier alpha value is -0.910. The molecule has 0 fully saturated rings. The fourth-order valence-corrected chi connectivity index (χ4v) is 3.11. The number of rotatable bonds is 3. The van der Waals surface area contributed by atoms with E-state index in [0.717, 1.165) is 31.4 Å². The molecular weight excluding hydrogens is 302 g/mol. The third kappa shape index (κ3) is 2.51. The number of halogens is 1. The van der Waals surface area contributed by atoms with Gasteiger partial charge in [-0.15, -0.1) is 11.3 Å². The van der Waals surface area contributed by atoms with Crippen LogP contribution in [-0.4, -0.2) is 17.2 Å². The molecule has 0 aliphatic carbocycles. The van der Waals surface area contributed by atoms with Gasteiger partial charge in [-0.2, -0.15) is 0 Å². The summed E-state index contributed by atoms with van der Waals surface area (Å²) in [7, 11) is 1.65. The van der Waals surface area contributed by atoms with Crippen LogP contribution in [0.2, 0.25) is 0 Å². The molecule has 2 rings (SSSR count). The van der Waals surface area contributed by atoms with Gasteiger partial charge in [0.15, 0.2) is 3.92 Å². The summed E-state index contributed by atoms with van der Waals surface area (Å²) in [6.07, 6.45) is 0. The number of hydrogen-bond donors (Lipinski definition) is 1. The summed E-state index contributed by atoms with van der Waals surface area (Å²) in [4.78, 5) is 5.25. The lowest BCUT2D eigenvalue weighted by Gasteiger charge is -2.06. The summed E-state index contributed by atoms with van der Waals surface area (Å²) in [5.41, 5.74) is 2.88.